The maximum atomic E-state index is 12.6. The molecule has 0 radical (unpaired) electrons. The number of fused-ring (bicyclic) bond motifs is 1. The predicted molar refractivity (Wildman–Crippen MR) is 93.4 cm³/mol. The van der Waals surface area contributed by atoms with Crippen molar-refractivity contribution in [1.82, 2.24) is 0 Å². The quantitative estimate of drug-likeness (QED) is 0.940. The van der Waals surface area contributed by atoms with Crippen molar-refractivity contribution >= 4 is 23.2 Å². The van der Waals surface area contributed by atoms with Crippen molar-refractivity contribution in [2.24, 2.45) is 0 Å². The van der Waals surface area contributed by atoms with Gasteiger partial charge >= 0.3 is 0 Å². The lowest BCUT2D eigenvalue weighted by Gasteiger charge is -2.29. The van der Waals surface area contributed by atoms with Gasteiger partial charge in [-0.05, 0) is 36.6 Å². The zero-order chi connectivity index (χ0) is 16.9. The van der Waals surface area contributed by atoms with Gasteiger partial charge in [0.2, 0.25) is 5.91 Å². The van der Waals surface area contributed by atoms with E-state index in [1.807, 2.05) is 18.2 Å². The van der Waals surface area contributed by atoms with Crippen LogP contribution in [-0.2, 0) is 16.0 Å². The number of amides is 2. The van der Waals surface area contributed by atoms with Gasteiger partial charge in [-0.25, -0.2) is 0 Å². The summed E-state index contributed by atoms with van der Waals surface area (Å²) in [5, 5.41) is 2.70. The first kappa shape index (κ1) is 16.1. The van der Waals surface area contributed by atoms with Crippen LogP contribution >= 0.6 is 0 Å². The highest BCUT2D eigenvalue weighted by Crippen LogP contribution is 2.27. The molecule has 0 unspecified atom stereocenters. The second kappa shape index (κ2) is 7.17. The Balaban J connectivity index is 1.70. The number of anilines is 2. The highest BCUT2D eigenvalue weighted by atomic mass is 16.5. The molecule has 2 aromatic carbocycles. The van der Waals surface area contributed by atoms with Crippen LogP contribution in [0.4, 0.5) is 11.4 Å². The highest BCUT2D eigenvalue weighted by Gasteiger charge is 2.22. The Labute approximate surface area is 141 Å². The van der Waals surface area contributed by atoms with Crippen molar-refractivity contribution in [3.8, 4) is 5.75 Å². The standard InChI is InChI=1S/C19H20N2O3/c1-14(22)20-16-9-3-5-11-18(16)24-13-19(23)21-12-6-8-15-7-2-4-10-17(15)21/h2-5,7,9-11H,6,8,12-13H2,1H3,(H,20,22). The lowest BCUT2D eigenvalue weighted by atomic mass is 10.0. The van der Waals surface area contributed by atoms with Crippen LogP contribution in [0.25, 0.3) is 0 Å². The summed E-state index contributed by atoms with van der Waals surface area (Å²) in [7, 11) is 0. The van der Waals surface area contributed by atoms with Crippen molar-refractivity contribution in [3.05, 3.63) is 54.1 Å². The number of hydrogen-bond acceptors (Lipinski definition) is 3. The van der Waals surface area contributed by atoms with E-state index in [-0.39, 0.29) is 18.4 Å². The van der Waals surface area contributed by atoms with Gasteiger partial charge in [-0.2, -0.15) is 0 Å². The Morgan fingerprint density at radius 1 is 1.12 bits per heavy atom. The number of nitrogens with one attached hydrogen (secondary N) is 1. The smallest absolute Gasteiger partial charge is 0.264 e. The van der Waals surface area contributed by atoms with Crippen LogP contribution in [0.3, 0.4) is 0 Å². The molecule has 2 amide bonds. The Morgan fingerprint density at radius 2 is 1.88 bits per heavy atom. The molecule has 1 heterocycles. The zero-order valence-electron chi connectivity index (χ0n) is 13.6. The first-order valence-electron chi connectivity index (χ1n) is 8.03. The number of ether oxygens (including phenoxy) is 1. The molecule has 1 aliphatic heterocycles. The molecule has 0 aliphatic carbocycles. The van der Waals surface area contributed by atoms with Crippen molar-refractivity contribution in [2.75, 3.05) is 23.4 Å². The largest absolute Gasteiger partial charge is 0.482 e. The SMILES string of the molecule is CC(=O)Nc1ccccc1OCC(=O)N1CCCc2ccccc21. The van der Waals surface area contributed by atoms with E-state index in [4.69, 9.17) is 4.74 Å². The molecule has 5 heteroatoms. The molecule has 5 nitrogen and oxygen atoms in total. The molecule has 3 rings (SSSR count). The van der Waals surface area contributed by atoms with Crippen LogP contribution in [0, 0.1) is 0 Å². The van der Waals surface area contributed by atoms with E-state index >= 15 is 0 Å². The predicted octanol–water partition coefficient (Wildman–Crippen LogP) is 3.00. The van der Waals surface area contributed by atoms with Gasteiger partial charge in [0.15, 0.2) is 6.61 Å². The Kier molecular flexibility index (Phi) is 4.79. The molecule has 2 aromatic rings. The van der Waals surface area contributed by atoms with E-state index in [0.29, 0.717) is 18.0 Å². The highest BCUT2D eigenvalue weighted by molar-refractivity contribution is 5.96. The van der Waals surface area contributed by atoms with Gasteiger partial charge in [0, 0.05) is 19.2 Å². The van der Waals surface area contributed by atoms with Crippen molar-refractivity contribution < 1.29 is 14.3 Å². The molecule has 1 aliphatic rings. The monoisotopic (exact) mass is 324 g/mol. The first-order valence-corrected chi connectivity index (χ1v) is 8.03. The maximum Gasteiger partial charge on any atom is 0.264 e. The number of carbonyl (C=O) groups is 2. The summed E-state index contributed by atoms with van der Waals surface area (Å²) < 4.78 is 5.66. The van der Waals surface area contributed by atoms with Crippen molar-refractivity contribution in [1.29, 1.82) is 0 Å². The van der Waals surface area contributed by atoms with Gasteiger partial charge in [-0.1, -0.05) is 30.3 Å². The van der Waals surface area contributed by atoms with Crippen molar-refractivity contribution in [3.63, 3.8) is 0 Å². The van der Waals surface area contributed by atoms with Crippen LogP contribution in [0.5, 0.6) is 5.75 Å². The molecule has 0 atom stereocenters. The molecular weight excluding hydrogens is 304 g/mol. The summed E-state index contributed by atoms with van der Waals surface area (Å²) in [6.07, 6.45) is 1.94. The van der Waals surface area contributed by atoms with E-state index in [9.17, 15) is 9.59 Å². The number of hydrogen-bond donors (Lipinski definition) is 1. The number of nitrogens with zero attached hydrogens (tertiary/aromatic N) is 1. The van der Waals surface area contributed by atoms with E-state index in [1.165, 1.54) is 12.5 Å². The van der Waals surface area contributed by atoms with Gasteiger partial charge in [0.1, 0.15) is 5.75 Å². The van der Waals surface area contributed by atoms with E-state index in [0.717, 1.165) is 18.5 Å². The summed E-state index contributed by atoms with van der Waals surface area (Å²) in [5.41, 5.74) is 2.72. The summed E-state index contributed by atoms with van der Waals surface area (Å²) in [5.74, 6) is 0.230. The zero-order valence-corrected chi connectivity index (χ0v) is 13.6. The number of carbonyl (C=O) groups excluding carboxylic acids is 2. The first-order chi connectivity index (χ1) is 11.6. The van der Waals surface area contributed by atoms with Gasteiger partial charge in [0.25, 0.3) is 5.91 Å². The summed E-state index contributed by atoms with van der Waals surface area (Å²) in [4.78, 5) is 25.6. The fourth-order valence-corrected chi connectivity index (χ4v) is 2.90. The average molecular weight is 324 g/mol. The van der Waals surface area contributed by atoms with Crippen LogP contribution in [0.2, 0.25) is 0 Å². The Bertz CT molecular complexity index is 758. The average Bonchev–Trinajstić information content (AvgIpc) is 2.60. The molecule has 0 saturated heterocycles. The minimum atomic E-state index is -0.178. The number of aryl methyl sites for hydroxylation is 1. The lowest BCUT2D eigenvalue weighted by molar-refractivity contribution is -0.120. The molecule has 124 valence electrons. The van der Waals surface area contributed by atoms with Crippen LogP contribution < -0.4 is 15.0 Å². The number of para-hydroxylation sites is 3. The topological polar surface area (TPSA) is 58.6 Å². The maximum absolute atomic E-state index is 12.6. The van der Waals surface area contributed by atoms with Crippen molar-refractivity contribution in [2.45, 2.75) is 19.8 Å². The number of rotatable bonds is 4. The van der Waals surface area contributed by atoms with E-state index < -0.39 is 0 Å². The number of benzene rings is 2. The minimum Gasteiger partial charge on any atom is -0.482 e. The van der Waals surface area contributed by atoms with Gasteiger partial charge in [-0.15, -0.1) is 0 Å². The van der Waals surface area contributed by atoms with Crippen LogP contribution in [0.15, 0.2) is 48.5 Å². The van der Waals surface area contributed by atoms with E-state index in [1.54, 1.807) is 29.2 Å². The Morgan fingerprint density at radius 3 is 2.71 bits per heavy atom. The normalized spacial score (nSPS) is 13.1. The second-order valence-corrected chi connectivity index (χ2v) is 5.74. The van der Waals surface area contributed by atoms with Gasteiger partial charge in [0.05, 0.1) is 5.69 Å². The minimum absolute atomic E-state index is 0.0646. The molecule has 0 bridgehead atoms. The van der Waals surface area contributed by atoms with E-state index in [2.05, 4.69) is 11.4 Å². The molecule has 24 heavy (non-hydrogen) atoms. The fourth-order valence-electron chi connectivity index (χ4n) is 2.90. The van der Waals surface area contributed by atoms with Crippen LogP contribution in [0.1, 0.15) is 18.9 Å². The molecule has 0 spiro atoms. The lowest BCUT2D eigenvalue weighted by Crippen LogP contribution is -2.38. The molecule has 0 fully saturated rings. The molecule has 1 N–H and O–H groups in total. The molecule has 0 aromatic heterocycles. The van der Waals surface area contributed by atoms with Gasteiger partial charge < -0.3 is 15.0 Å². The second-order valence-electron chi connectivity index (χ2n) is 5.74. The third-order valence-corrected chi connectivity index (χ3v) is 3.96. The third kappa shape index (κ3) is 3.56. The summed E-state index contributed by atoms with van der Waals surface area (Å²) in [6.45, 7) is 2.07. The van der Waals surface area contributed by atoms with Gasteiger partial charge in [-0.3, -0.25) is 9.59 Å². The fraction of sp³-hybridized carbons (Fsp3) is 0.263. The summed E-state index contributed by atoms with van der Waals surface area (Å²) >= 11 is 0. The summed E-state index contributed by atoms with van der Waals surface area (Å²) in [6, 6.07) is 15.1. The molecular formula is C19H20N2O3. The van der Waals surface area contributed by atoms with Crippen LogP contribution in [-0.4, -0.2) is 25.0 Å². The molecule has 0 saturated carbocycles. The Hall–Kier alpha value is -2.82. The third-order valence-electron chi connectivity index (χ3n) is 3.96.